The van der Waals surface area contributed by atoms with Crippen LogP contribution in [0, 0.1) is 0 Å². The molecular weight excluding hydrogens is 133 g/mol. The molecule has 0 aromatic heterocycles. The van der Waals surface area contributed by atoms with Gasteiger partial charge in [0.05, 0.1) is 5.54 Å². The van der Waals surface area contributed by atoms with Crippen LogP contribution in [0.15, 0.2) is 0 Å². The van der Waals surface area contributed by atoms with Gasteiger partial charge in [-0.3, -0.25) is 4.79 Å². The quantitative estimate of drug-likeness (QED) is 0.639. The molecule has 0 saturated carbocycles. The number of carbonyl (C=O) groups is 1. The van der Waals surface area contributed by atoms with E-state index >= 15 is 0 Å². The lowest BCUT2D eigenvalue weighted by atomic mass is 10.1. The number of nitrogens with one attached hydrogen (secondary N) is 1. The molecule has 0 radical (unpaired) electrons. The summed E-state index contributed by atoms with van der Waals surface area (Å²) in [6.45, 7) is 4.52. The normalized spacial score (nSPS) is 11.2. The van der Waals surface area contributed by atoms with Crippen molar-refractivity contribution in [3.05, 3.63) is 0 Å². The molecule has 60 valence electrons. The van der Waals surface area contributed by atoms with Crippen LogP contribution < -0.4 is 5.32 Å². The van der Waals surface area contributed by atoms with Crippen molar-refractivity contribution >= 4 is 5.91 Å². The fraction of sp³-hybridized carbons (Fsp3) is 0.857. The number of amides is 1. The van der Waals surface area contributed by atoms with Crippen molar-refractivity contribution in [2.75, 3.05) is 6.67 Å². The maximum absolute atomic E-state index is 12.1. The second-order valence-electron chi connectivity index (χ2n) is 2.92. The molecule has 0 aromatic rings. The van der Waals surface area contributed by atoms with Crippen LogP contribution in [0.25, 0.3) is 0 Å². The number of hydrogen-bond donors (Lipinski definition) is 1. The highest BCUT2D eigenvalue weighted by Crippen LogP contribution is 2.01. The Kier molecular flexibility index (Phi) is 3.33. The summed E-state index contributed by atoms with van der Waals surface area (Å²) >= 11 is 0. The molecule has 0 bridgehead atoms. The molecule has 0 aliphatic rings. The molecule has 0 atom stereocenters. The molecule has 0 aliphatic carbocycles. The van der Waals surface area contributed by atoms with E-state index in [2.05, 4.69) is 5.32 Å². The molecule has 0 unspecified atom stereocenters. The molecule has 0 heterocycles. The third-order valence-electron chi connectivity index (χ3n) is 1.13. The van der Waals surface area contributed by atoms with E-state index < -0.39 is 12.2 Å². The van der Waals surface area contributed by atoms with Gasteiger partial charge in [-0.05, 0) is 13.8 Å². The van der Waals surface area contributed by atoms with E-state index in [4.69, 9.17) is 0 Å². The summed E-state index contributed by atoms with van der Waals surface area (Å²) in [6.07, 6.45) is 0.406. The number of alkyl halides is 1. The highest BCUT2D eigenvalue weighted by molar-refractivity contribution is 5.76. The van der Waals surface area contributed by atoms with Gasteiger partial charge in [-0.15, -0.1) is 0 Å². The lowest BCUT2D eigenvalue weighted by molar-refractivity contribution is -0.122. The highest BCUT2D eigenvalue weighted by Gasteiger charge is 2.18. The van der Waals surface area contributed by atoms with Crippen molar-refractivity contribution in [1.29, 1.82) is 0 Å². The van der Waals surface area contributed by atoms with Crippen molar-refractivity contribution in [1.82, 2.24) is 5.32 Å². The van der Waals surface area contributed by atoms with Crippen molar-refractivity contribution in [3.8, 4) is 0 Å². The smallest absolute Gasteiger partial charge is 0.220 e. The van der Waals surface area contributed by atoms with Crippen molar-refractivity contribution in [2.45, 2.75) is 32.7 Å². The van der Waals surface area contributed by atoms with Gasteiger partial charge < -0.3 is 5.32 Å². The van der Waals surface area contributed by atoms with E-state index in [0.29, 0.717) is 6.42 Å². The lowest BCUT2D eigenvalue weighted by Crippen LogP contribution is -2.44. The second-order valence-corrected chi connectivity index (χ2v) is 2.92. The second kappa shape index (κ2) is 3.54. The maximum atomic E-state index is 12.1. The predicted molar refractivity (Wildman–Crippen MR) is 38.5 cm³/mol. The number of hydrogen-bond acceptors (Lipinski definition) is 1. The summed E-state index contributed by atoms with van der Waals surface area (Å²) in [6, 6.07) is 0. The molecule has 2 nitrogen and oxygen atoms in total. The molecule has 0 saturated heterocycles. The molecule has 10 heavy (non-hydrogen) atoms. The van der Waals surface area contributed by atoms with Crippen LogP contribution in [0.3, 0.4) is 0 Å². The van der Waals surface area contributed by atoms with E-state index in [9.17, 15) is 9.18 Å². The van der Waals surface area contributed by atoms with Crippen LogP contribution in [0.5, 0.6) is 0 Å². The average Bonchev–Trinajstić information content (AvgIpc) is 1.87. The zero-order valence-electron chi connectivity index (χ0n) is 6.70. The Hall–Kier alpha value is -0.600. The maximum Gasteiger partial charge on any atom is 0.220 e. The first kappa shape index (κ1) is 9.40. The molecule has 0 aromatic carbocycles. The van der Waals surface area contributed by atoms with Gasteiger partial charge in [0.2, 0.25) is 5.91 Å². The van der Waals surface area contributed by atoms with Gasteiger partial charge in [0.15, 0.2) is 0 Å². The molecule has 0 aliphatic heterocycles. The fourth-order valence-electron chi connectivity index (χ4n) is 0.499. The molecular formula is C7H14FNO. The summed E-state index contributed by atoms with van der Waals surface area (Å²) in [5, 5.41) is 2.54. The minimum absolute atomic E-state index is 0.109. The summed E-state index contributed by atoms with van der Waals surface area (Å²) < 4.78 is 12.1. The SMILES string of the molecule is CCC(=O)NC(C)(C)CF. The Balaban J connectivity index is 3.76. The summed E-state index contributed by atoms with van der Waals surface area (Å²) in [7, 11) is 0. The van der Waals surface area contributed by atoms with Crippen LogP contribution in [-0.4, -0.2) is 18.1 Å². The first-order chi connectivity index (χ1) is 4.52. The Morgan fingerprint density at radius 3 is 2.40 bits per heavy atom. The molecule has 0 rings (SSSR count). The Labute approximate surface area is 60.8 Å². The van der Waals surface area contributed by atoms with Crippen LogP contribution in [0.4, 0.5) is 4.39 Å². The molecule has 3 heteroatoms. The first-order valence-corrected chi connectivity index (χ1v) is 3.39. The Bertz CT molecular complexity index is 123. The number of halogens is 1. The number of rotatable bonds is 3. The predicted octanol–water partition coefficient (Wildman–Crippen LogP) is 1.26. The van der Waals surface area contributed by atoms with Gasteiger partial charge >= 0.3 is 0 Å². The first-order valence-electron chi connectivity index (χ1n) is 3.39. The minimum atomic E-state index is -0.701. The van der Waals surface area contributed by atoms with E-state index in [1.807, 2.05) is 0 Å². The van der Waals surface area contributed by atoms with E-state index in [1.165, 1.54) is 0 Å². The van der Waals surface area contributed by atoms with Crippen LogP contribution >= 0.6 is 0 Å². The van der Waals surface area contributed by atoms with E-state index in [0.717, 1.165) is 0 Å². The van der Waals surface area contributed by atoms with Gasteiger partial charge in [-0.2, -0.15) is 0 Å². The van der Waals surface area contributed by atoms with Gasteiger partial charge in [0, 0.05) is 6.42 Å². The number of carbonyl (C=O) groups excluding carboxylic acids is 1. The van der Waals surface area contributed by atoms with Gasteiger partial charge in [-0.25, -0.2) is 4.39 Å². The topological polar surface area (TPSA) is 29.1 Å². The van der Waals surface area contributed by atoms with E-state index in [-0.39, 0.29) is 5.91 Å². The Morgan fingerprint density at radius 2 is 2.10 bits per heavy atom. The molecule has 1 amide bonds. The summed E-state index contributed by atoms with van der Waals surface area (Å²) in [4.78, 5) is 10.7. The minimum Gasteiger partial charge on any atom is -0.349 e. The van der Waals surface area contributed by atoms with Crippen LogP contribution in [0.2, 0.25) is 0 Å². The molecule has 0 spiro atoms. The third-order valence-corrected chi connectivity index (χ3v) is 1.13. The zero-order valence-corrected chi connectivity index (χ0v) is 6.70. The largest absolute Gasteiger partial charge is 0.349 e. The van der Waals surface area contributed by atoms with E-state index in [1.54, 1.807) is 20.8 Å². The van der Waals surface area contributed by atoms with Crippen LogP contribution in [0.1, 0.15) is 27.2 Å². The fourth-order valence-corrected chi connectivity index (χ4v) is 0.499. The van der Waals surface area contributed by atoms with Gasteiger partial charge in [0.1, 0.15) is 6.67 Å². The van der Waals surface area contributed by atoms with Crippen molar-refractivity contribution < 1.29 is 9.18 Å². The van der Waals surface area contributed by atoms with Gasteiger partial charge in [0.25, 0.3) is 0 Å². The summed E-state index contributed by atoms with van der Waals surface area (Å²) in [5.41, 5.74) is -0.701. The molecule has 1 N–H and O–H groups in total. The molecule has 0 fully saturated rings. The monoisotopic (exact) mass is 147 g/mol. The Morgan fingerprint density at radius 1 is 1.60 bits per heavy atom. The van der Waals surface area contributed by atoms with Crippen molar-refractivity contribution in [2.24, 2.45) is 0 Å². The zero-order chi connectivity index (χ0) is 8.20. The average molecular weight is 147 g/mol. The summed E-state index contributed by atoms with van der Waals surface area (Å²) in [5.74, 6) is -0.109. The van der Waals surface area contributed by atoms with Gasteiger partial charge in [-0.1, -0.05) is 6.92 Å². The van der Waals surface area contributed by atoms with Crippen molar-refractivity contribution in [3.63, 3.8) is 0 Å². The third kappa shape index (κ3) is 3.43. The van der Waals surface area contributed by atoms with Crippen LogP contribution in [-0.2, 0) is 4.79 Å². The highest BCUT2D eigenvalue weighted by atomic mass is 19.1. The lowest BCUT2D eigenvalue weighted by Gasteiger charge is -2.21. The standard InChI is InChI=1S/C7H14FNO/c1-4-6(10)9-7(2,3)5-8/h4-5H2,1-3H3,(H,9,10).